The summed E-state index contributed by atoms with van der Waals surface area (Å²) in [5.74, 6) is 1.87. The highest BCUT2D eigenvalue weighted by Gasteiger charge is 2.21. The van der Waals surface area contributed by atoms with E-state index < -0.39 is 10.8 Å². The minimum absolute atomic E-state index is 0.00625. The van der Waals surface area contributed by atoms with Crippen LogP contribution in [0.2, 0.25) is 0 Å². The molecule has 98 valence electrons. The maximum atomic E-state index is 12.2. The minimum atomic E-state index is -0.760. The Hall–Kier alpha value is -1.43. The van der Waals surface area contributed by atoms with E-state index in [0.717, 1.165) is 6.54 Å². The van der Waals surface area contributed by atoms with E-state index in [9.17, 15) is 9.00 Å². The van der Waals surface area contributed by atoms with Gasteiger partial charge in [-0.15, -0.1) is 0 Å². The van der Waals surface area contributed by atoms with Gasteiger partial charge in [0.05, 0.1) is 0 Å². The smallest absolute Gasteiger partial charge is 0.254 e. The van der Waals surface area contributed by atoms with Crippen molar-refractivity contribution in [2.45, 2.75) is 6.92 Å². The molecular weight excluding hydrogens is 250 g/mol. The number of nitrogens with one attached hydrogen (secondary N) is 1. The molecule has 0 spiro atoms. The van der Waals surface area contributed by atoms with Gasteiger partial charge in [-0.25, -0.2) is 4.98 Å². The molecule has 0 saturated carbocycles. The Kier molecular flexibility index (Phi) is 4.30. The lowest BCUT2D eigenvalue weighted by Crippen LogP contribution is -2.41. The lowest BCUT2D eigenvalue weighted by atomic mass is 10.2. The van der Waals surface area contributed by atoms with Gasteiger partial charge >= 0.3 is 0 Å². The van der Waals surface area contributed by atoms with Crippen LogP contribution in [0.3, 0.4) is 0 Å². The fraction of sp³-hybridized carbons (Fsp3) is 0.500. The second-order valence-electron chi connectivity index (χ2n) is 4.10. The molecule has 0 aromatic carbocycles. The summed E-state index contributed by atoms with van der Waals surface area (Å²) in [6.45, 7) is 3.90. The van der Waals surface area contributed by atoms with Crippen LogP contribution in [0.1, 0.15) is 17.3 Å². The zero-order valence-electron chi connectivity index (χ0n) is 10.4. The van der Waals surface area contributed by atoms with Gasteiger partial charge in [-0.2, -0.15) is 0 Å². The third-order valence-corrected chi connectivity index (χ3v) is 4.11. The van der Waals surface area contributed by atoms with Crippen LogP contribution in [0.25, 0.3) is 0 Å². The molecule has 0 aliphatic carbocycles. The van der Waals surface area contributed by atoms with Gasteiger partial charge in [0, 0.05) is 53.7 Å². The fourth-order valence-corrected chi connectivity index (χ4v) is 2.92. The summed E-state index contributed by atoms with van der Waals surface area (Å²) in [7, 11) is -0.760. The quantitative estimate of drug-likeness (QED) is 0.876. The number of aromatic nitrogens is 1. The maximum absolute atomic E-state index is 12.2. The second kappa shape index (κ2) is 5.95. The Balaban J connectivity index is 2.08. The summed E-state index contributed by atoms with van der Waals surface area (Å²) in [4.78, 5) is 18.1. The fourth-order valence-electron chi connectivity index (χ4n) is 1.86. The lowest BCUT2D eigenvalue weighted by molar-refractivity contribution is 0.0771. The Morgan fingerprint density at radius 2 is 2.22 bits per heavy atom. The Bertz CT molecular complexity index is 454. The SMILES string of the molecule is CCNc1cc(C(=O)N2CCS(=O)CC2)ccn1. The van der Waals surface area contributed by atoms with E-state index in [1.165, 1.54) is 0 Å². The standard InChI is InChI=1S/C12H17N3O2S/c1-2-13-11-9-10(3-4-14-11)12(16)15-5-7-18(17)8-6-15/h3-4,9H,2,5-8H2,1H3,(H,13,14). The molecule has 1 amide bonds. The molecule has 5 nitrogen and oxygen atoms in total. The molecule has 18 heavy (non-hydrogen) atoms. The van der Waals surface area contributed by atoms with Gasteiger partial charge in [-0.05, 0) is 19.1 Å². The highest BCUT2D eigenvalue weighted by molar-refractivity contribution is 7.85. The van der Waals surface area contributed by atoms with E-state index >= 15 is 0 Å². The molecule has 1 saturated heterocycles. The number of hydrogen-bond donors (Lipinski definition) is 1. The van der Waals surface area contributed by atoms with Crippen molar-refractivity contribution >= 4 is 22.5 Å². The third kappa shape index (κ3) is 3.07. The molecule has 2 heterocycles. The Morgan fingerprint density at radius 3 is 2.89 bits per heavy atom. The molecule has 1 aromatic heterocycles. The van der Waals surface area contributed by atoms with Crippen molar-refractivity contribution in [3.63, 3.8) is 0 Å². The van der Waals surface area contributed by atoms with Gasteiger partial charge in [0.25, 0.3) is 5.91 Å². The summed E-state index contributed by atoms with van der Waals surface area (Å²) in [6.07, 6.45) is 1.63. The minimum Gasteiger partial charge on any atom is -0.370 e. The zero-order valence-corrected chi connectivity index (χ0v) is 11.2. The van der Waals surface area contributed by atoms with Gasteiger partial charge in [0.15, 0.2) is 0 Å². The highest BCUT2D eigenvalue weighted by Crippen LogP contribution is 2.11. The Labute approximate surface area is 109 Å². The molecule has 1 aliphatic heterocycles. The van der Waals surface area contributed by atoms with Crippen molar-refractivity contribution in [3.05, 3.63) is 23.9 Å². The van der Waals surface area contributed by atoms with Crippen molar-refractivity contribution in [1.82, 2.24) is 9.88 Å². The van der Waals surface area contributed by atoms with Gasteiger partial charge in [-0.3, -0.25) is 9.00 Å². The first kappa shape index (κ1) is 13.0. The molecule has 0 bridgehead atoms. The van der Waals surface area contributed by atoms with E-state index in [-0.39, 0.29) is 5.91 Å². The average Bonchev–Trinajstić information content (AvgIpc) is 2.39. The second-order valence-corrected chi connectivity index (χ2v) is 5.80. The van der Waals surface area contributed by atoms with Crippen molar-refractivity contribution in [1.29, 1.82) is 0 Å². The number of pyridine rings is 1. The summed E-state index contributed by atoms with van der Waals surface area (Å²) in [6, 6.07) is 3.48. The summed E-state index contributed by atoms with van der Waals surface area (Å²) in [5, 5.41) is 3.08. The van der Waals surface area contributed by atoms with Crippen LogP contribution >= 0.6 is 0 Å². The van der Waals surface area contributed by atoms with E-state index in [4.69, 9.17) is 0 Å². The average molecular weight is 267 g/mol. The first-order chi connectivity index (χ1) is 8.70. The maximum Gasteiger partial charge on any atom is 0.254 e. The van der Waals surface area contributed by atoms with E-state index in [2.05, 4.69) is 10.3 Å². The number of amides is 1. The molecule has 1 aliphatic rings. The Morgan fingerprint density at radius 1 is 1.50 bits per heavy atom. The number of anilines is 1. The first-order valence-electron chi connectivity index (χ1n) is 6.05. The van der Waals surface area contributed by atoms with Crippen LogP contribution in [0.5, 0.6) is 0 Å². The monoisotopic (exact) mass is 267 g/mol. The van der Waals surface area contributed by atoms with Crippen molar-refractivity contribution in [3.8, 4) is 0 Å². The lowest BCUT2D eigenvalue weighted by Gasteiger charge is -2.26. The third-order valence-electron chi connectivity index (χ3n) is 2.83. The molecule has 2 rings (SSSR count). The van der Waals surface area contributed by atoms with E-state index in [1.54, 1.807) is 23.2 Å². The molecular formula is C12H17N3O2S. The zero-order chi connectivity index (χ0) is 13.0. The largest absolute Gasteiger partial charge is 0.370 e. The van der Waals surface area contributed by atoms with Crippen molar-refractivity contribution in [2.24, 2.45) is 0 Å². The van der Waals surface area contributed by atoms with Crippen molar-refractivity contribution in [2.75, 3.05) is 36.5 Å². The van der Waals surface area contributed by atoms with Crippen LogP contribution in [0.15, 0.2) is 18.3 Å². The summed E-state index contributed by atoms with van der Waals surface area (Å²) < 4.78 is 11.3. The topological polar surface area (TPSA) is 62.3 Å². The molecule has 0 radical (unpaired) electrons. The number of rotatable bonds is 3. The molecule has 6 heteroatoms. The number of carbonyl (C=O) groups excluding carboxylic acids is 1. The number of hydrogen-bond acceptors (Lipinski definition) is 4. The first-order valence-corrected chi connectivity index (χ1v) is 7.53. The highest BCUT2D eigenvalue weighted by atomic mass is 32.2. The molecule has 0 atom stereocenters. The summed E-state index contributed by atoms with van der Waals surface area (Å²) in [5.41, 5.74) is 0.633. The van der Waals surface area contributed by atoms with E-state index in [1.807, 2.05) is 6.92 Å². The molecule has 1 N–H and O–H groups in total. The molecule has 0 unspecified atom stereocenters. The van der Waals surface area contributed by atoms with Crippen LogP contribution in [-0.4, -0.2) is 51.1 Å². The predicted molar refractivity (Wildman–Crippen MR) is 72.2 cm³/mol. The van der Waals surface area contributed by atoms with Crippen molar-refractivity contribution < 1.29 is 9.00 Å². The summed E-state index contributed by atoms with van der Waals surface area (Å²) >= 11 is 0. The molecule has 1 aromatic rings. The molecule has 1 fully saturated rings. The van der Waals surface area contributed by atoms with Crippen LogP contribution < -0.4 is 5.32 Å². The van der Waals surface area contributed by atoms with Crippen LogP contribution in [-0.2, 0) is 10.8 Å². The predicted octanol–water partition coefficient (Wildman–Crippen LogP) is 0.718. The van der Waals surface area contributed by atoms with Gasteiger partial charge in [0.1, 0.15) is 5.82 Å². The normalized spacial score (nSPS) is 16.6. The van der Waals surface area contributed by atoms with Gasteiger partial charge in [0.2, 0.25) is 0 Å². The van der Waals surface area contributed by atoms with E-state index in [0.29, 0.717) is 36.0 Å². The number of nitrogens with zero attached hydrogens (tertiary/aromatic N) is 2. The van der Waals surface area contributed by atoms with Crippen LogP contribution in [0, 0.1) is 0 Å². The van der Waals surface area contributed by atoms with Gasteiger partial charge < -0.3 is 10.2 Å². The van der Waals surface area contributed by atoms with Crippen LogP contribution in [0.4, 0.5) is 5.82 Å². The van der Waals surface area contributed by atoms with Gasteiger partial charge in [-0.1, -0.05) is 0 Å². The number of carbonyl (C=O) groups is 1.